The molecule has 5 aliphatic heterocycles. The number of aliphatic imine (C=N–C) groups is 4. The van der Waals surface area contributed by atoms with Gasteiger partial charge in [-0.15, -0.1) is 0 Å². The molecule has 84 heavy (non-hydrogen) atoms. The Bertz CT molecular complexity index is 4270. The maximum absolute atomic E-state index is 16.2. The third kappa shape index (κ3) is 8.31. The lowest BCUT2D eigenvalue weighted by atomic mass is 9.82. The van der Waals surface area contributed by atoms with Gasteiger partial charge < -0.3 is 9.97 Å². The van der Waals surface area contributed by atoms with Crippen molar-refractivity contribution in [1.29, 1.82) is 0 Å². The van der Waals surface area contributed by atoms with Crippen molar-refractivity contribution in [2.75, 3.05) is 0 Å². The van der Waals surface area contributed by atoms with E-state index >= 15 is 70.2 Å². The van der Waals surface area contributed by atoms with Crippen LogP contribution in [-0.4, -0.2) is 33.8 Å². The van der Waals surface area contributed by atoms with E-state index in [0.29, 0.717) is 12.3 Å². The summed E-state index contributed by atoms with van der Waals surface area (Å²) in [6, 6.07) is 4.48. The highest BCUT2D eigenvalue weighted by Crippen LogP contribution is 2.48. The van der Waals surface area contributed by atoms with Crippen LogP contribution in [0.4, 0.5) is 87.8 Å². The number of benzene rings is 4. The predicted octanol–water partition coefficient (Wildman–Crippen LogP) is 15.8. The quantitative estimate of drug-likeness (QED) is 0.100. The fraction of sp³-hybridized carbons (Fsp3) is 0.138. The summed E-state index contributed by atoms with van der Waals surface area (Å²) in [6.07, 6.45) is 7.15. The summed E-state index contributed by atoms with van der Waals surface area (Å²) in [7, 11) is 0. The smallest absolute Gasteiger partial charge is 0.200 e. The number of aromatic nitrogens is 2. The van der Waals surface area contributed by atoms with E-state index in [1.54, 1.807) is 0 Å². The van der Waals surface area contributed by atoms with Gasteiger partial charge >= 0.3 is 0 Å². The largest absolute Gasteiger partial charge is 0.361 e. The summed E-state index contributed by atoms with van der Waals surface area (Å²) in [5.74, 6) is -53.6. The van der Waals surface area contributed by atoms with Crippen molar-refractivity contribution in [2.45, 2.75) is 39.0 Å². The van der Waals surface area contributed by atoms with Gasteiger partial charge in [-0.3, -0.25) is 20.0 Å². The van der Waals surface area contributed by atoms with Gasteiger partial charge in [-0.1, -0.05) is 0 Å². The zero-order chi connectivity index (χ0) is 60.8. The first-order chi connectivity index (χ1) is 39.5. The van der Waals surface area contributed by atoms with Gasteiger partial charge in [0.2, 0.25) is 23.3 Å². The van der Waals surface area contributed by atoms with E-state index in [-0.39, 0.29) is 22.8 Å². The van der Waals surface area contributed by atoms with Crippen molar-refractivity contribution in [2.24, 2.45) is 31.3 Å². The Balaban J connectivity index is 1.24. The number of fused-ring (bicyclic) bond motifs is 8. The van der Waals surface area contributed by atoms with Crippen molar-refractivity contribution >= 4 is 40.6 Å². The Morgan fingerprint density at radius 3 is 1.29 bits per heavy atom. The number of aromatic amines is 2. The molecule has 12 bridgehead atoms. The molecule has 6 aromatic rings. The Morgan fingerprint density at radius 1 is 0.393 bits per heavy atom. The molecule has 2 unspecified atom stereocenters. The minimum Gasteiger partial charge on any atom is -0.361 e. The van der Waals surface area contributed by atoms with Crippen LogP contribution in [0.1, 0.15) is 78.6 Å². The lowest BCUT2D eigenvalue weighted by Gasteiger charge is -2.25. The Kier molecular flexibility index (Phi) is 13.4. The molecule has 6 nitrogen and oxygen atoms in total. The molecular weight excluding hydrogens is 1160 g/mol. The molecule has 2 aromatic heterocycles. The normalized spacial score (nSPS) is 21.4. The Labute approximate surface area is 458 Å². The van der Waals surface area contributed by atoms with Crippen LogP contribution in [0.15, 0.2) is 109 Å². The number of hydrogen-bond donors (Lipinski definition) is 2. The number of halogens is 20. The number of rotatable bonds is 4. The van der Waals surface area contributed by atoms with Gasteiger partial charge in [0.05, 0.1) is 50.9 Å². The molecule has 26 heteroatoms. The molecular formula is C58H28F20N6. The summed E-state index contributed by atoms with van der Waals surface area (Å²) >= 11 is 0. The average molecular weight is 1190 g/mol. The lowest BCUT2D eigenvalue weighted by molar-refractivity contribution is 0.364. The van der Waals surface area contributed by atoms with Crippen LogP contribution in [0.5, 0.6) is 0 Å². The van der Waals surface area contributed by atoms with Gasteiger partial charge in [-0.2, -0.15) is 0 Å². The molecule has 5 aliphatic rings. The van der Waals surface area contributed by atoms with Gasteiger partial charge in [0.1, 0.15) is 0 Å². The third-order valence-corrected chi connectivity index (χ3v) is 14.9. The van der Waals surface area contributed by atoms with Gasteiger partial charge in [-0.25, -0.2) is 87.8 Å². The van der Waals surface area contributed by atoms with Gasteiger partial charge in [0, 0.05) is 85.7 Å². The topological polar surface area (TPSA) is 81.0 Å². The lowest BCUT2D eigenvalue weighted by Crippen LogP contribution is -2.30. The molecule has 0 fully saturated rings. The van der Waals surface area contributed by atoms with Crippen LogP contribution in [0.25, 0.3) is 16.7 Å². The highest BCUT2D eigenvalue weighted by atomic mass is 19.2. The maximum Gasteiger partial charge on any atom is 0.200 e. The van der Waals surface area contributed by atoms with Crippen molar-refractivity contribution in [3.8, 4) is 0 Å². The first-order valence-corrected chi connectivity index (χ1v) is 24.3. The van der Waals surface area contributed by atoms with Gasteiger partial charge in [-0.05, 0) is 88.4 Å². The van der Waals surface area contributed by atoms with E-state index in [1.165, 1.54) is 39.8 Å². The number of nitrogens with zero attached hydrogens (tertiary/aromatic N) is 4. The summed E-state index contributed by atoms with van der Waals surface area (Å²) in [5, 5.41) is 0. The highest BCUT2D eigenvalue weighted by molar-refractivity contribution is 6.22. The summed E-state index contributed by atoms with van der Waals surface area (Å²) < 4.78 is 310. The third-order valence-electron chi connectivity index (χ3n) is 14.9. The van der Waals surface area contributed by atoms with E-state index in [1.807, 2.05) is 0 Å². The fourth-order valence-corrected chi connectivity index (χ4v) is 10.4. The molecule has 2 N–H and O–H groups in total. The van der Waals surface area contributed by atoms with Crippen LogP contribution in [0.3, 0.4) is 0 Å². The van der Waals surface area contributed by atoms with Crippen LogP contribution in [0.2, 0.25) is 0 Å². The number of hydrogen-bond acceptors (Lipinski definition) is 4. The second-order valence-electron chi connectivity index (χ2n) is 20.4. The summed E-state index contributed by atoms with van der Waals surface area (Å²) in [4.78, 5) is 22.6. The molecule has 0 saturated carbocycles. The average Bonchev–Trinajstić information content (AvgIpc) is 1.89. The monoisotopic (exact) mass is 1190 g/mol. The molecule has 430 valence electrons. The molecule has 2 atom stereocenters. The van der Waals surface area contributed by atoms with Crippen molar-refractivity contribution in [3.05, 3.63) is 250 Å². The SMILES string of the molecule is CC1(C)C2=N/C(=C(/c3c(F)c(F)c(F)c(F)c3F)C3=CC(C=N3)C(c3c(F)c(F)c(F)c(F)c3F)c3ccc([nH]3)C(C)(C)c3ccc([nH]3)/C(c3c(F)c(F)c(F)c(F)c3F)=C3C=C(C=N/3)/C(c3c(F)c(F)c(F)c(F)c3F)=C3/C=CC1=N3)C=C2. The standard InChI is InChI=1S/C58H28F20N6/c1-57(2)25-9-5-19(81-25)29(33-37(59)45(67)53(75)46(68)38(33)60)17-13-24(80-15-17)32(36-43(65)51(73)56(78)52(74)44(36)66)22-8-12-28(84-22)58(3,4)26-10-6-20(82-26)30(34-39(61)47(69)54(76)48(70)40(34)62)18-14-23(79-16-18)31(21-7-11-27(57)83-21)35-41(63)49(71)55(77)50(72)42(35)64/h5-17,29,81,83H,1-4H3/b30-20+,31-23+,32-22+. The predicted molar refractivity (Wildman–Crippen MR) is 264 cm³/mol. The van der Waals surface area contributed by atoms with Crippen molar-refractivity contribution in [3.63, 3.8) is 0 Å². The zero-order valence-corrected chi connectivity index (χ0v) is 42.4. The van der Waals surface area contributed by atoms with E-state index < -0.39 is 218 Å². The van der Waals surface area contributed by atoms with Crippen LogP contribution in [-0.2, 0) is 5.41 Å². The Hall–Kier alpha value is -9.10. The second-order valence-corrected chi connectivity index (χ2v) is 20.4. The fourth-order valence-electron chi connectivity index (χ4n) is 10.4. The van der Waals surface area contributed by atoms with Crippen LogP contribution < -0.4 is 0 Å². The summed E-state index contributed by atoms with van der Waals surface area (Å²) in [5.41, 5.74) is -18.1. The van der Waals surface area contributed by atoms with Gasteiger partial charge in [0.15, 0.2) is 93.1 Å². The molecule has 0 amide bonds. The molecule has 0 radical (unpaired) electrons. The van der Waals surface area contributed by atoms with Gasteiger partial charge in [0.25, 0.3) is 0 Å². The van der Waals surface area contributed by atoms with E-state index in [2.05, 4.69) is 29.9 Å². The molecule has 0 saturated heterocycles. The first-order valence-electron chi connectivity index (χ1n) is 24.3. The van der Waals surface area contributed by atoms with E-state index in [9.17, 15) is 17.6 Å². The Morgan fingerprint density at radius 2 is 0.798 bits per heavy atom. The van der Waals surface area contributed by atoms with Crippen molar-refractivity contribution in [1.82, 2.24) is 9.97 Å². The van der Waals surface area contributed by atoms with E-state index in [4.69, 9.17) is 0 Å². The molecule has 11 rings (SSSR count). The highest BCUT2D eigenvalue weighted by Gasteiger charge is 2.42. The number of H-pyrrole nitrogens is 2. The first kappa shape index (κ1) is 56.7. The molecule has 0 aliphatic carbocycles. The molecule has 4 aromatic carbocycles. The minimum absolute atomic E-state index is 0.0618. The van der Waals surface area contributed by atoms with Crippen molar-refractivity contribution < 1.29 is 87.8 Å². The van der Waals surface area contributed by atoms with Crippen LogP contribution >= 0.6 is 0 Å². The van der Waals surface area contributed by atoms with Crippen LogP contribution in [0, 0.1) is 128 Å². The second kappa shape index (κ2) is 19.8. The number of nitrogens with one attached hydrogen (secondary N) is 2. The van der Waals surface area contributed by atoms with E-state index in [0.717, 1.165) is 48.7 Å². The molecule has 7 heterocycles. The summed E-state index contributed by atoms with van der Waals surface area (Å²) in [6.45, 7) is 5.43. The minimum atomic E-state index is -2.61. The maximum atomic E-state index is 16.2. The number of allylic oxidation sites excluding steroid dienone is 9. The zero-order valence-electron chi connectivity index (χ0n) is 42.4. The molecule has 0 spiro atoms.